The molecule has 2 heteroatoms. The number of hydrogen-bond acceptors (Lipinski definition) is 2. The second kappa shape index (κ2) is 10.6. The number of furan rings is 1. The predicted octanol–water partition coefficient (Wildman–Crippen LogP) is 12.7. The Morgan fingerprint density at radius 2 is 1.11 bits per heavy atom. The molecule has 1 aliphatic carbocycles. The van der Waals surface area contributed by atoms with Crippen molar-refractivity contribution < 1.29 is 4.42 Å². The van der Waals surface area contributed by atoms with Gasteiger partial charge in [0.1, 0.15) is 11.2 Å². The Labute approximate surface area is 275 Å². The molecule has 1 aliphatic rings. The fraction of sp³-hybridized carbons (Fsp3) is 0.0667. The van der Waals surface area contributed by atoms with Crippen LogP contribution in [0.3, 0.4) is 0 Å². The lowest BCUT2D eigenvalue weighted by atomic mass is 9.81. The van der Waals surface area contributed by atoms with Gasteiger partial charge in [0.2, 0.25) is 0 Å². The van der Waals surface area contributed by atoms with E-state index in [1.54, 1.807) is 0 Å². The molecule has 47 heavy (non-hydrogen) atoms. The highest BCUT2D eigenvalue weighted by molar-refractivity contribution is 6.17. The first kappa shape index (κ1) is 27.5. The Kier molecular flexibility index (Phi) is 6.20. The molecule has 0 fully saturated rings. The highest BCUT2D eigenvalue weighted by atomic mass is 16.3. The maximum Gasteiger partial charge on any atom is 0.136 e. The third-order valence-corrected chi connectivity index (χ3v) is 9.85. The van der Waals surface area contributed by atoms with Crippen LogP contribution in [0.1, 0.15) is 25.0 Å². The largest absolute Gasteiger partial charge is 0.456 e. The van der Waals surface area contributed by atoms with Gasteiger partial charge in [-0.1, -0.05) is 135 Å². The molecular weight excluding hydrogens is 571 g/mol. The molecule has 0 saturated carbocycles. The van der Waals surface area contributed by atoms with E-state index in [1.165, 1.54) is 49.9 Å². The Balaban J connectivity index is 1.31. The van der Waals surface area contributed by atoms with Gasteiger partial charge in [-0.2, -0.15) is 0 Å². The monoisotopic (exact) mass is 603 g/mol. The summed E-state index contributed by atoms with van der Waals surface area (Å²) in [5, 5.41) is 2.33. The number of fused-ring (bicyclic) bond motifs is 6. The second-order valence-electron chi connectivity index (χ2n) is 12.9. The van der Waals surface area contributed by atoms with E-state index < -0.39 is 0 Å². The Bertz CT molecular complexity index is 2420. The van der Waals surface area contributed by atoms with E-state index in [-0.39, 0.29) is 5.41 Å². The second-order valence-corrected chi connectivity index (χ2v) is 12.9. The Morgan fingerprint density at radius 3 is 1.87 bits per heavy atom. The zero-order valence-electron chi connectivity index (χ0n) is 26.4. The normalized spacial score (nSPS) is 13.1. The van der Waals surface area contributed by atoms with Crippen molar-refractivity contribution in [3.05, 3.63) is 175 Å². The van der Waals surface area contributed by atoms with Crippen molar-refractivity contribution in [1.29, 1.82) is 0 Å². The summed E-state index contributed by atoms with van der Waals surface area (Å²) in [6.07, 6.45) is 0. The van der Waals surface area contributed by atoms with Gasteiger partial charge in [-0.3, -0.25) is 0 Å². The summed E-state index contributed by atoms with van der Waals surface area (Å²) in [6.45, 7) is 4.71. The van der Waals surface area contributed by atoms with Crippen molar-refractivity contribution in [2.24, 2.45) is 0 Å². The lowest BCUT2D eigenvalue weighted by Crippen LogP contribution is -2.17. The average molecular weight is 604 g/mol. The molecule has 2 nitrogen and oxygen atoms in total. The predicted molar refractivity (Wildman–Crippen MR) is 197 cm³/mol. The molecule has 8 aromatic rings. The minimum Gasteiger partial charge on any atom is -0.456 e. The SMILES string of the molecule is CC1(C)c2cc(N(c3ccccc3)c3ccccc3-c3ccccc3)ccc2-c2c1cc1oc3ccccc3c1c2-c1ccccc1. The zero-order chi connectivity index (χ0) is 31.5. The summed E-state index contributed by atoms with van der Waals surface area (Å²) < 4.78 is 6.56. The van der Waals surface area contributed by atoms with Crippen LogP contribution in [0.5, 0.6) is 0 Å². The van der Waals surface area contributed by atoms with E-state index >= 15 is 0 Å². The molecule has 0 atom stereocenters. The number of para-hydroxylation sites is 3. The summed E-state index contributed by atoms with van der Waals surface area (Å²) in [6, 6.07) is 58.7. The molecule has 0 spiro atoms. The quantitative estimate of drug-likeness (QED) is 0.195. The van der Waals surface area contributed by atoms with E-state index in [1.807, 2.05) is 0 Å². The summed E-state index contributed by atoms with van der Waals surface area (Å²) in [7, 11) is 0. The summed E-state index contributed by atoms with van der Waals surface area (Å²) in [5.74, 6) is 0. The van der Waals surface area contributed by atoms with Gasteiger partial charge in [0.25, 0.3) is 0 Å². The molecule has 0 saturated heterocycles. The van der Waals surface area contributed by atoms with Crippen molar-refractivity contribution in [2.45, 2.75) is 19.3 Å². The molecule has 224 valence electrons. The van der Waals surface area contributed by atoms with Crippen molar-refractivity contribution in [2.75, 3.05) is 4.90 Å². The maximum atomic E-state index is 6.56. The van der Waals surface area contributed by atoms with Gasteiger partial charge in [-0.25, -0.2) is 0 Å². The van der Waals surface area contributed by atoms with E-state index in [0.29, 0.717) is 0 Å². The molecule has 0 N–H and O–H groups in total. The van der Waals surface area contributed by atoms with Crippen molar-refractivity contribution in [1.82, 2.24) is 0 Å². The third kappa shape index (κ3) is 4.26. The summed E-state index contributed by atoms with van der Waals surface area (Å²) in [4.78, 5) is 2.40. The molecule has 0 aliphatic heterocycles. The van der Waals surface area contributed by atoms with Crippen LogP contribution in [0, 0.1) is 0 Å². The first-order valence-corrected chi connectivity index (χ1v) is 16.3. The van der Waals surface area contributed by atoms with Crippen LogP contribution in [0.2, 0.25) is 0 Å². The highest BCUT2D eigenvalue weighted by Gasteiger charge is 2.39. The standard InChI is InChI=1S/C45H33NO/c1-45(2)37-28-33(46(32-20-10-5-11-21-32)39-24-14-12-22-34(39)30-16-6-3-7-17-30)26-27-35(37)43-38(45)29-41-44(36-23-13-15-25-40(36)47-41)42(43)31-18-8-4-9-19-31/h3-29H,1-2H3. The van der Waals surface area contributed by atoms with E-state index in [4.69, 9.17) is 4.42 Å². The van der Waals surface area contributed by atoms with Crippen molar-refractivity contribution in [3.8, 4) is 33.4 Å². The number of benzene rings is 7. The van der Waals surface area contributed by atoms with Crippen molar-refractivity contribution >= 4 is 39.0 Å². The highest BCUT2D eigenvalue weighted by Crippen LogP contribution is 2.56. The van der Waals surface area contributed by atoms with Crippen LogP contribution in [0.15, 0.2) is 168 Å². The molecule has 1 heterocycles. The van der Waals surface area contributed by atoms with E-state index in [0.717, 1.165) is 33.6 Å². The minimum absolute atomic E-state index is 0.251. The third-order valence-electron chi connectivity index (χ3n) is 9.85. The van der Waals surface area contributed by atoms with Gasteiger partial charge < -0.3 is 9.32 Å². The van der Waals surface area contributed by atoms with Crippen LogP contribution < -0.4 is 4.90 Å². The molecule has 1 aromatic heterocycles. The van der Waals surface area contributed by atoms with Gasteiger partial charge in [0.15, 0.2) is 0 Å². The van der Waals surface area contributed by atoms with Crippen LogP contribution >= 0.6 is 0 Å². The lowest BCUT2D eigenvalue weighted by molar-refractivity contribution is 0.647. The van der Waals surface area contributed by atoms with Gasteiger partial charge in [0, 0.05) is 38.7 Å². The fourth-order valence-corrected chi connectivity index (χ4v) is 7.64. The van der Waals surface area contributed by atoms with Gasteiger partial charge in [0.05, 0.1) is 5.69 Å². The number of rotatable bonds is 5. The lowest BCUT2D eigenvalue weighted by Gasteiger charge is -2.29. The number of nitrogens with zero attached hydrogens (tertiary/aromatic N) is 1. The smallest absolute Gasteiger partial charge is 0.136 e. The summed E-state index contributed by atoms with van der Waals surface area (Å²) >= 11 is 0. The first-order valence-electron chi connectivity index (χ1n) is 16.3. The van der Waals surface area contributed by atoms with Gasteiger partial charge in [-0.15, -0.1) is 0 Å². The average Bonchev–Trinajstić information content (AvgIpc) is 3.61. The zero-order valence-corrected chi connectivity index (χ0v) is 26.4. The van der Waals surface area contributed by atoms with E-state index in [9.17, 15) is 0 Å². The number of anilines is 3. The molecule has 9 rings (SSSR count). The Hall–Kier alpha value is -5.86. The van der Waals surface area contributed by atoms with Crippen LogP contribution in [-0.2, 0) is 5.41 Å². The Morgan fingerprint density at radius 1 is 0.468 bits per heavy atom. The molecule has 0 bridgehead atoms. The minimum atomic E-state index is -0.251. The molecule has 0 amide bonds. The maximum absolute atomic E-state index is 6.56. The van der Waals surface area contributed by atoms with Crippen LogP contribution in [-0.4, -0.2) is 0 Å². The van der Waals surface area contributed by atoms with E-state index in [2.05, 4.69) is 183 Å². The molecule has 7 aromatic carbocycles. The topological polar surface area (TPSA) is 16.4 Å². The first-order chi connectivity index (χ1) is 23.1. The molecule has 0 unspecified atom stereocenters. The summed E-state index contributed by atoms with van der Waals surface area (Å²) in [5.41, 5.74) is 15.1. The molecule has 0 radical (unpaired) electrons. The molecular formula is C45H33NO. The van der Waals surface area contributed by atoms with Gasteiger partial charge >= 0.3 is 0 Å². The van der Waals surface area contributed by atoms with Gasteiger partial charge in [-0.05, 0) is 75.8 Å². The van der Waals surface area contributed by atoms with Crippen molar-refractivity contribution in [3.63, 3.8) is 0 Å². The van der Waals surface area contributed by atoms with Crippen LogP contribution in [0.25, 0.3) is 55.3 Å². The number of hydrogen-bond donors (Lipinski definition) is 0. The fourth-order valence-electron chi connectivity index (χ4n) is 7.64. The van der Waals surface area contributed by atoms with Crippen LogP contribution in [0.4, 0.5) is 17.1 Å².